The molecule has 1 aliphatic rings. The topological polar surface area (TPSA) is 62.3 Å². The zero-order valence-electron chi connectivity index (χ0n) is 11.8. The van der Waals surface area contributed by atoms with Crippen LogP contribution < -0.4 is 10.2 Å². The van der Waals surface area contributed by atoms with Crippen molar-refractivity contribution in [2.24, 2.45) is 0 Å². The molecule has 5 nitrogen and oxygen atoms in total. The Balaban J connectivity index is 1.91. The number of nitrogens with one attached hydrogen (secondary N) is 1. The predicted octanol–water partition coefficient (Wildman–Crippen LogP) is 3.11. The second-order valence-corrected chi connectivity index (χ2v) is 5.44. The molecule has 0 bridgehead atoms. The average Bonchev–Trinajstić information content (AvgIpc) is 2.94. The van der Waals surface area contributed by atoms with Crippen LogP contribution in [0.5, 0.6) is 0 Å². The van der Waals surface area contributed by atoms with Gasteiger partial charge in [0, 0.05) is 35.9 Å². The van der Waals surface area contributed by atoms with Gasteiger partial charge in [0.05, 0.1) is 11.4 Å². The summed E-state index contributed by atoms with van der Waals surface area (Å²) < 4.78 is 0. The molecule has 2 aromatic rings. The first kappa shape index (κ1) is 14.5. The van der Waals surface area contributed by atoms with Gasteiger partial charge >= 0.3 is 0 Å². The highest BCUT2D eigenvalue weighted by Crippen LogP contribution is 2.32. The summed E-state index contributed by atoms with van der Waals surface area (Å²) in [5.41, 5.74) is 1.70. The Morgan fingerprint density at radius 3 is 2.68 bits per heavy atom. The lowest BCUT2D eigenvalue weighted by Gasteiger charge is -2.20. The van der Waals surface area contributed by atoms with Crippen molar-refractivity contribution >= 4 is 34.8 Å². The smallest absolute Gasteiger partial charge is 0.255 e. The van der Waals surface area contributed by atoms with Crippen LogP contribution >= 0.6 is 11.6 Å². The summed E-state index contributed by atoms with van der Waals surface area (Å²) in [4.78, 5) is 29.8. The number of hydrogen-bond acceptors (Lipinski definition) is 3. The Hall–Kier alpha value is -2.40. The fourth-order valence-electron chi connectivity index (χ4n) is 2.44. The minimum Gasteiger partial charge on any atom is -0.320 e. The van der Waals surface area contributed by atoms with Gasteiger partial charge in [-0.25, -0.2) is 0 Å². The SMILES string of the molecule is O=C(Nc1cc(Cl)ccc1N1CCCC1=O)c1ccncc1. The van der Waals surface area contributed by atoms with Crippen molar-refractivity contribution in [3.05, 3.63) is 53.3 Å². The van der Waals surface area contributed by atoms with Crippen molar-refractivity contribution < 1.29 is 9.59 Å². The first-order chi connectivity index (χ1) is 10.6. The van der Waals surface area contributed by atoms with E-state index in [1.807, 2.05) is 0 Å². The fraction of sp³-hybridized carbons (Fsp3) is 0.188. The molecule has 6 heteroatoms. The van der Waals surface area contributed by atoms with Gasteiger partial charge in [-0.3, -0.25) is 14.6 Å². The molecular weight excluding hydrogens is 302 g/mol. The second-order valence-electron chi connectivity index (χ2n) is 5.00. The van der Waals surface area contributed by atoms with Crippen LogP contribution in [0.3, 0.4) is 0 Å². The lowest BCUT2D eigenvalue weighted by molar-refractivity contribution is -0.117. The van der Waals surface area contributed by atoms with E-state index in [-0.39, 0.29) is 11.8 Å². The van der Waals surface area contributed by atoms with E-state index in [4.69, 9.17) is 11.6 Å². The maximum atomic E-state index is 12.3. The number of nitrogens with zero attached hydrogens (tertiary/aromatic N) is 2. The summed E-state index contributed by atoms with van der Waals surface area (Å²) in [6.45, 7) is 0.651. The van der Waals surface area contributed by atoms with E-state index in [1.165, 1.54) is 0 Å². The van der Waals surface area contributed by atoms with E-state index in [1.54, 1.807) is 47.6 Å². The van der Waals surface area contributed by atoms with Crippen LogP contribution in [0.25, 0.3) is 0 Å². The Morgan fingerprint density at radius 2 is 2.00 bits per heavy atom. The van der Waals surface area contributed by atoms with E-state index in [2.05, 4.69) is 10.3 Å². The Labute approximate surface area is 132 Å². The first-order valence-electron chi connectivity index (χ1n) is 6.96. The molecule has 1 N–H and O–H groups in total. The quantitative estimate of drug-likeness (QED) is 0.946. The Morgan fingerprint density at radius 1 is 1.23 bits per heavy atom. The van der Waals surface area contributed by atoms with Gasteiger partial charge in [-0.2, -0.15) is 0 Å². The molecule has 22 heavy (non-hydrogen) atoms. The molecule has 0 atom stereocenters. The van der Waals surface area contributed by atoms with Crippen LogP contribution in [-0.4, -0.2) is 23.3 Å². The average molecular weight is 316 g/mol. The molecule has 1 aromatic carbocycles. The number of pyridine rings is 1. The number of amides is 2. The van der Waals surface area contributed by atoms with Crippen molar-refractivity contribution in [3.63, 3.8) is 0 Å². The van der Waals surface area contributed by atoms with Gasteiger partial charge in [-0.1, -0.05) is 11.6 Å². The van der Waals surface area contributed by atoms with E-state index in [9.17, 15) is 9.59 Å². The summed E-state index contributed by atoms with van der Waals surface area (Å²) in [6, 6.07) is 8.38. The number of hydrogen-bond donors (Lipinski definition) is 1. The zero-order chi connectivity index (χ0) is 15.5. The van der Waals surface area contributed by atoms with E-state index < -0.39 is 0 Å². The molecule has 1 fully saturated rings. The monoisotopic (exact) mass is 315 g/mol. The molecule has 3 rings (SSSR count). The highest BCUT2D eigenvalue weighted by atomic mass is 35.5. The molecule has 0 saturated carbocycles. The highest BCUT2D eigenvalue weighted by molar-refractivity contribution is 6.31. The Kier molecular flexibility index (Phi) is 4.06. The number of aromatic nitrogens is 1. The number of carbonyl (C=O) groups is 2. The normalized spacial score (nSPS) is 14.2. The Bertz CT molecular complexity index is 719. The zero-order valence-corrected chi connectivity index (χ0v) is 12.5. The van der Waals surface area contributed by atoms with E-state index in [0.29, 0.717) is 34.9 Å². The first-order valence-corrected chi connectivity index (χ1v) is 7.34. The number of anilines is 2. The van der Waals surface area contributed by atoms with Crippen molar-refractivity contribution in [2.75, 3.05) is 16.8 Å². The van der Waals surface area contributed by atoms with Gasteiger partial charge in [0.15, 0.2) is 0 Å². The molecule has 0 unspecified atom stereocenters. The number of rotatable bonds is 3. The van der Waals surface area contributed by atoms with Gasteiger partial charge in [0.2, 0.25) is 5.91 Å². The molecule has 1 aliphatic heterocycles. The maximum Gasteiger partial charge on any atom is 0.255 e. The van der Waals surface area contributed by atoms with Gasteiger partial charge in [0.1, 0.15) is 0 Å². The second kappa shape index (κ2) is 6.15. The van der Waals surface area contributed by atoms with Gasteiger partial charge in [-0.05, 0) is 36.8 Å². The molecule has 1 aromatic heterocycles. The molecule has 2 amide bonds. The van der Waals surface area contributed by atoms with Crippen molar-refractivity contribution in [2.45, 2.75) is 12.8 Å². The van der Waals surface area contributed by atoms with Crippen molar-refractivity contribution in [1.29, 1.82) is 0 Å². The maximum absolute atomic E-state index is 12.3. The highest BCUT2D eigenvalue weighted by Gasteiger charge is 2.24. The summed E-state index contributed by atoms with van der Waals surface area (Å²) >= 11 is 6.02. The van der Waals surface area contributed by atoms with Gasteiger partial charge < -0.3 is 10.2 Å². The summed E-state index contributed by atoms with van der Waals surface area (Å²) in [6.07, 6.45) is 4.45. The molecule has 0 radical (unpaired) electrons. The van der Waals surface area contributed by atoms with Crippen LogP contribution in [0.1, 0.15) is 23.2 Å². The lowest BCUT2D eigenvalue weighted by Crippen LogP contribution is -2.25. The van der Waals surface area contributed by atoms with E-state index in [0.717, 1.165) is 6.42 Å². The minimum atomic E-state index is -0.266. The summed E-state index contributed by atoms with van der Waals surface area (Å²) in [5.74, 6) is -0.209. The number of benzene rings is 1. The minimum absolute atomic E-state index is 0.0572. The summed E-state index contributed by atoms with van der Waals surface area (Å²) in [7, 11) is 0. The van der Waals surface area contributed by atoms with Crippen LogP contribution in [0, 0.1) is 0 Å². The van der Waals surface area contributed by atoms with Crippen LogP contribution in [-0.2, 0) is 4.79 Å². The number of halogens is 1. The largest absolute Gasteiger partial charge is 0.320 e. The van der Waals surface area contributed by atoms with Gasteiger partial charge in [-0.15, -0.1) is 0 Å². The molecule has 0 aliphatic carbocycles. The third-order valence-electron chi connectivity index (χ3n) is 3.51. The molecule has 112 valence electrons. The third-order valence-corrected chi connectivity index (χ3v) is 3.75. The lowest BCUT2D eigenvalue weighted by atomic mass is 10.2. The van der Waals surface area contributed by atoms with Gasteiger partial charge in [0.25, 0.3) is 5.91 Å². The van der Waals surface area contributed by atoms with E-state index >= 15 is 0 Å². The van der Waals surface area contributed by atoms with Crippen LogP contribution in [0.2, 0.25) is 5.02 Å². The number of carbonyl (C=O) groups excluding carboxylic acids is 2. The van der Waals surface area contributed by atoms with Crippen LogP contribution in [0.4, 0.5) is 11.4 Å². The van der Waals surface area contributed by atoms with Crippen molar-refractivity contribution in [3.8, 4) is 0 Å². The molecule has 1 saturated heterocycles. The summed E-state index contributed by atoms with van der Waals surface area (Å²) in [5, 5.41) is 3.32. The van der Waals surface area contributed by atoms with Crippen LogP contribution in [0.15, 0.2) is 42.7 Å². The predicted molar refractivity (Wildman–Crippen MR) is 85.2 cm³/mol. The standard InChI is InChI=1S/C16H14ClN3O2/c17-12-3-4-14(20-9-1-2-15(20)21)13(10-12)19-16(22)11-5-7-18-8-6-11/h3-8,10H,1-2,9H2,(H,19,22). The molecular formula is C16H14ClN3O2. The third kappa shape index (κ3) is 2.94. The molecule has 0 spiro atoms. The fourth-order valence-corrected chi connectivity index (χ4v) is 2.62. The van der Waals surface area contributed by atoms with Crippen molar-refractivity contribution in [1.82, 2.24) is 4.98 Å². The molecule has 2 heterocycles.